The second kappa shape index (κ2) is 7.50. The molecule has 28 heavy (non-hydrogen) atoms. The molecule has 0 saturated carbocycles. The molecule has 1 atom stereocenters. The van der Waals surface area contributed by atoms with Gasteiger partial charge in [0.05, 0.1) is 6.04 Å². The van der Waals surface area contributed by atoms with Crippen LogP contribution < -0.4 is 10.2 Å². The molecule has 0 radical (unpaired) electrons. The van der Waals surface area contributed by atoms with Crippen molar-refractivity contribution in [1.29, 1.82) is 0 Å². The number of amides is 2. The van der Waals surface area contributed by atoms with Crippen LogP contribution in [-0.4, -0.2) is 51.7 Å². The van der Waals surface area contributed by atoms with E-state index in [1.165, 1.54) is 16.8 Å². The van der Waals surface area contributed by atoms with Crippen LogP contribution in [0.25, 0.3) is 5.65 Å². The van der Waals surface area contributed by atoms with Crippen LogP contribution in [0.2, 0.25) is 0 Å². The van der Waals surface area contributed by atoms with Gasteiger partial charge in [-0.3, -0.25) is 4.40 Å². The average molecular weight is 378 g/mol. The SMILES string of the molecule is Cc1cccc(N2CCN(C(=O)N[C@H](C)c3nnc4ccccn34)CC2)c1C. The zero-order valence-corrected chi connectivity index (χ0v) is 16.6. The van der Waals surface area contributed by atoms with Crippen molar-refractivity contribution >= 4 is 17.4 Å². The Morgan fingerprint density at radius 3 is 2.61 bits per heavy atom. The van der Waals surface area contributed by atoms with Crippen LogP contribution in [0, 0.1) is 13.8 Å². The highest BCUT2D eigenvalue weighted by Crippen LogP contribution is 2.24. The second-order valence-corrected chi connectivity index (χ2v) is 7.35. The summed E-state index contributed by atoms with van der Waals surface area (Å²) in [6, 6.07) is 11.9. The highest BCUT2D eigenvalue weighted by atomic mass is 16.2. The minimum atomic E-state index is -0.220. The summed E-state index contributed by atoms with van der Waals surface area (Å²) < 4.78 is 1.91. The third-order valence-corrected chi connectivity index (χ3v) is 5.55. The monoisotopic (exact) mass is 378 g/mol. The fraction of sp³-hybridized carbons (Fsp3) is 0.381. The first-order valence-electron chi connectivity index (χ1n) is 9.71. The van der Waals surface area contributed by atoms with E-state index >= 15 is 0 Å². The first-order valence-corrected chi connectivity index (χ1v) is 9.71. The molecule has 3 aromatic rings. The molecular formula is C21H26N6O. The van der Waals surface area contributed by atoms with Crippen molar-refractivity contribution in [1.82, 2.24) is 24.8 Å². The summed E-state index contributed by atoms with van der Waals surface area (Å²) in [5.41, 5.74) is 4.66. The molecule has 2 aromatic heterocycles. The maximum absolute atomic E-state index is 12.7. The van der Waals surface area contributed by atoms with Crippen molar-refractivity contribution in [2.24, 2.45) is 0 Å². The Balaban J connectivity index is 1.38. The summed E-state index contributed by atoms with van der Waals surface area (Å²) in [4.78, 5) is 17.0. The van der Waals surface area contributed by atoms with E-state index in [-0.39, 0.29) is 12.1 Å². The number of nitrogens with one attached hydrogen (secondary N) is 1. The number of hydrogen-bond acceptors (Lipinski definition) is 4. The van der Waals surface area contributed by atoms with Crippen molar-refractivity contribution in [2.75, 3.05) is 31.1 Å². The second-order valence-electron chi connectivity index (χ2n) is 7.35. The van der Waals surface area contributed by atoms with Gasteiger partial charge in [0.15, 0.2) is 11.5 Å². The molecule has 1 fully saturated rings. The van der Waals surface area contributed by atoms with Crippen molar-refractivity contribution in [3.63, 3.8) is 0 Å². The van der Waals surface area contributed by atoms with E-state index in [1.54, 1.807) is 0 Å². The number of carbonyl (C=O) groups excluding carboxylic acids is 1. The molecule has 7 heteroatoms. The van der Waals surface area contributed by atoms with Crippen LogP contribution >= 0.6 is 0 Å². The molecule has 0 unspecified atom stereocenters. The topological polar surface area (TPSA) is 65.8 Å². The Hall–Kier alpha value is -3.09. The zero-order valence-electron chi connectivity index (χ0n) is 16.6. The Morgan fingerprint density at radius 1 is 1.04 bits per heavy atom. The first kappa shape index (κ1) is 18.3. The minimum Gasteiger partial charge on any atom is -0.368 e. The van der Waals surface area contributed by atoms with Gasteiger partial charge >= 0.3 is 6.03 Å². The van der Waals surface area contributed by atoms with E-state index < -0.39 is 0 Å². The van der Waals surface area contributed by atoms with Gasteiger partial charge in [-0.1, -0.05) is 18.2 Å². The van der Waals surface area contributed by atoms with Crippen LogP contribution in [0.4, 0.5) is 10.5 Å². The summed E-state index contributed by atoms with van der Waals surface area (Å²) in [7, 11) is 0. The number of pyridine rings is 1. The fourth-order valence-electron chi connectivity index (χ4n) is 3.72. The highest BCUT2D eigenvalue weighted by Gasteiger charge is 2.24. The molecule has 1 aliphatic heterocycles. The molecule has 4 rings (SSSR count). The van der Waals surface area contributed by atoms with Crippen LogP contribution in [0.5, 0.6) is 0 Å². The van der Waals surface area contributed by atoms with Gasteiger partial charge in [0.1, 0.15) is 0 Å². The van der Waals surface area contributed by atoms with Crippen molar-refractivity contribution in [3.05, 3.63) is 59.5 Å². The number of aryl methyl sites for hydroxylation is 1. The fourth-order valence-corrected chi connectivity index (χ4v) is 3.72. The Morgan fingerprint density at radius 2 is 1.82 bits per heavy atom. The Labute approximate surface area is 165 Å². The number of aromatic nitrogens is 3. The molecule has 2 amide bonds. The van der Waals surface area contributed by atoms with E-state index in [1.807, 2.05) is 40.6 Å². The molecule has 1 saturated heterocycles. The van der Waals surface area contributed by atoms with Gasteiger partial charge in [0.25, 0.3) is 0 Å². The number of carbonyl (C=O) groups is 1. The van der Waals surface area contributed by atoms with Gasteiger partial charge in [-0.15, -0.1) is 10.2 Å². The van der Waals surface area contributed by atoms with Crippen molar-refractivity contribution in [2.45, 2.75) is 26.8 Å². The lowest BCUT2D eigenvalue weighted by molar-refractivity contribution is 0.190. The predicted molar refractivity (Wildman–Crippen MR) is 110 cm³/mol. The molecule has 0 bridgehead atoms. The van der Waals surface area contributed by atoms with Gasteiger partial charge in [-0.05, 0) is 50.1 Å². The van der Waals surface area contributed by atoms with Gasteiger partial charge in [-0.2, -0.15) is 0 Å². The molecule has 1 aromatic carbocycles. The zero-order chi connectivity index (χ0) is 19.7. The van der Waals surface area contributed by atoms with Crippen LogP contribution in [0.3, 0.4) is 0 Å². The number of nitrogens with zero attached hydrogens (tertiary/aromatic N) is 5. The lowest BCUT2D eigenvalue weighted by atomic mass is 10.1. The van der Waals surface area contributed by atoms with Crippen molar-refractivity contribution in [3.8, 4) is 0 Å². The number of fused-ring (bicyclic) bond motifs is 1. The van der Waals surface area contributed by atoms with Gasteiger partial charge < -0.3 is 15.1 Å². The van der Waals surface area contributed by atoms with Gasteiger partial charge in [-0.25, -0.2) is 4.79 Å². The van der Waals surface area contributed by atoms with Crippen molar-refractivity contribution < 1.29 is 4.79 Å². The maximum atomic E-state index is 12.7. The lowest BCUT2D eigenvalue weighted by Crippen LogP contribution is -2.52. The molecule has 3 heterocycles. The number of urea groups is 1. The molecule has 7 nitrogen and oxygen atoms in total. The minimum absolute atomic E-state index is 0.0548. The maximum Gasteiger partial charge on any atom is 0.318 e. The summed E-state index contributed by atoms with van der Waals surface area (Å²) >= 11 is 0. The Bertz CT molecular complexity index is 989. The molecule has 0 aliphatic carbocycles. The van der Waals surface area contributed by atoms with Crippen LogP contribution in [-0.2, 0) is 0 Å². The molecular weight excluding hydrogens is 352 g/mol. The van der Waals surface area contributed by atoms with Gasteiger partial charge in [0, 0.05) is 38.1 Å². The summed E-state index contributed by atoms with van der Waals surface area (Å²) in [5.74, 6) is 0.734. The summed E-state index contributed by atoms with van der Waals surface area (Å²) in [6.45, 7) is 9.30. The van der Waals surface area contributed by atoms with Gasteiger partial charge in [0.2, 0.25) is 0 Å². The van der Waals surface area contributed by atoms with Crippen LogP contribution in [0.15, 0.2) is 42.6 Å². The number of hydrogen-bond donors (Lipinski definition) is 1. The number of rotatable bonds is 3. The highest BCUT2D eigenvalue weighted by molar-refractivity contribution is 5.75. The first-order chi connectivity index (χ1) is 13.5. The largest absolute Gasteiger partial charge is 0.368 e. The lowest BCUT2D eigenvalue weighted by Gasteiger charge is -2.37. The van der Waals surface area contributed by atoms with E-state index in [0.29, 0.717) is 13.1 Å². The smallest absolute Gasteiger partial charge is 0.318 e. The molecule has 1 aliphatic rings. The summed E-state index contributed by atoms with van der Waals surface area (Å²) in [6.07, 6.45) is 1.91. The Kier molecular flexibility index (Phi) is 4.90. The van der Waals surface area contributed by atoms with E-state index in [0.717, 1.165) is 24.6 Å². The molecule has 146 valence electrons. The van der Waals surface area contributed by atoms with E-state index in [4.69, 9.17) is 0 Å². The normalized spacial score (nSPS) is 15.7. The van der Waals surface area contributed by atoms with E-state index in [9.17, 15) is 4.79 Å². The molecule has 0 spiro atoms. The molecule has 1 N–H and O–H groups in total. The quantitative estimate of drug-likeness (QED) is 0.761. The predicted octanol–water partition coefficient (Wildman–Crippen LogP) is 2.94. The van der Waals surface area contributed by atoms with E-state index in [2.05, 4.69) is 52.5 Å². The number of piperazine rings is 1. The summed E-state index contributed by atoms with van der Waals surface area (Å²) in [5, 5.41) is 11.5. The van der Waals surface area contributed by atoms with Crippen LogP contribution in [0.1, 0.15) is 29.9 Å². The third-order valence-electron chi connectivity index (χ3n) is 5.55. The standard InChI is InChI=1S/C21H26N6O/c1-15-7-6-8-18(16(15)2)25-11-13-26(14-12-25)21(28)22-17(3)20-24-23-19-9-4-5-10-27(19)20/h4-10,17H,11-14H2,1-3H3,(H,22,28)/t17-/m1/s1. The number of anilines is 1. The number of benzene rings is 1. The third kappa shape index (κ3) is 3.40. The average Bonchev–Trinajstić information content (AvgIpc) is 3.14.